The number of thiazole rings is 1. The number of hydrogen-bond acceptors (Lipinski definition) is 4. The van der Waals surface area contributed by atoms with Crippen LogP contribution in [0.4, 0.5) is 13.2 Å². The maximum atomic E-state index is 12.2. The molecule has 0 fully saturated rings. The quantitative estimate of drug-likeness (QED) is 0.944. The zero-order valence-electron chi connectivity index (χ0n) is 9.98. The summed E-state index contributed by atoms with van der Waals surface area (Å²) in [7, 11) is 0. The molecular weight excluding hydrogens is 293 g/mol. The second-order valence-electron chi connectivity index (χ2n) is 3.71. The molecule has 2 aromatic rings. The molecule has 0 bridgehead atoms. The lowest BCUT2D eigenvalue weighted by atomic mass is 10.2. The number of nitrogens with one attached hydrogen (secondary N) is 1. The third kappa shape index (κ3) is 3.95. The van der Waals surface area contributed by atoms with E-state index in [4.69, 9.17) is 0 Å². The summed E-state index contributed by atoms with van der Waals surface area (Å²) >= 11 is 1.26. The van der Waals surface area contributed by atoms with E-state index in [-0.39, 0.29) is 23.6 Å². The lowest BCUT2D eigenvalue weighted by Gasteiger charge is -2.13. The van der Waals surface area contributed by atoms with Gasteiger partial charge in [-0.1, -0.05) is 18.2 Å². The Hall–Kier alpha value is -2.09. The molecule has 0 spiro atoms. The predicted molar refractivity (Wildman–Crippen MR) is 66.4 cm³/mol. The van der Waals surface area contributed by atoms with Crippen molar-refractivity contribution in [1.29, 1.82) is 0 Å². The maximum absolute atomic E-state index is 12.2. The highest BCUT2D eigenvalue weighted by molar-refractivity contribution is 7.07. The highest BCUT2D eigenvalue weighted by atomic mass is 32.1. The molecule has 0 aliphatic carbocycles. The van der Waals surface area contributed by atoms with E-state index in [1.807, 2.05) is 0 Å². The summed E-state index contributed by atoms with van der Waals surface area (Å²) in [5.41, 5.74) is 1.95. The number of carbonyl (C=O) groups is 1. The summed E-state index contributed by atoms with van der Waals surface area (Å²) in [6, 6.07) is 5.63. The molecule has 2 rings (SSSR count). The van der Waals surface area contributed by atoms with Crippen LogP contribution in [0.25, 0.3) is 0 Å². The normalized spacial score (nSPS) is 11.2. The first-order chi connectivity index (χ1) is 9.46. The van der Waals surface area contributed by atoms with Crippen LogP contribution < -0.4 is 10.1 Å². The van der Waals surface area contributed by atoms with E-state index in [0.29, 0.717) is 0 Å². The van der Waals surface area contributed by atoms with Crippen LogP contribution in [0, 0.1) is 0 Å². The Morgan fingerprint density at radius 1 is 1.35 bits per heavy atom. The van der Waals surface area contributed by atoms with Crippen molar-refractivity contribution in [3.05, 3.63) is 46.4 Å². The van der Waals surface area contributed by atoms with E-state index in [1.165, 1.54) is 35.0 Å². The molecule has 1 heterocycles. The molecule has 0 saturated carbocycles. The van der Waals surface area contributed by atoms with E-state index in [9.17, 15) is 18.0 Å². The van der Waals surface area contributed by atoms with Gasteiger partial charge >= 0.3 is 6.36 Å². The summed E-state index contributed by atoms with van der Waals surface area (Å²) in [4.78, 5) is 15.5. The fourth-order valence-electron chi connectivity index (χ4n) is 1.46. The number of ether oxygens (including phenoxy) is 1. The van der Waals surface area contributed by atoms with Crippen LogP contribution in [0.1, 0.15) is 16.1 Å². The summed E-state index contributed by atoms with van der Waals surface area (Å²) in [5.74, 6) is -0.786. The number of hydrogen-bond donors (Lipinski definition) is 1. The molecule has 1 aromatic heterocycles. The molecule has 1 N–H and O–H groups in total. The van der Waals surface area contributed by atoms with Gasteiger partial charge in [-0.2, -0.15) is 0 Å². The molecule has 4 nitrogen and oxygen atoms in total. The van der Waals surface area contributed by atoms with Crippen molar-refractivity contribution in [1.82, 2.24) is 10.3 Å². The predicted octanol–water partition coefficient (Wildman–Crippen LogP) is 2.97. The average molecular weight is 302 g/mol. The number of aromatic nitrogens is 1. The first-order valence-electron chi connectivity index (χ1n) is 5.46. The van der Waals surface area contributed by atoms with Crippen molar-refractivity contribution in [2.24, 2.45) is 0 Å². The Morgan fingerprint density at radius 3 is 2.75 bits per heavy atom. The first-order valence-corrected chi connectivity index (χ1v) is 6.40. The minimum atomic E-state index is -4.77. The second-order valence-corrected chi connectivity index (χ2v) is 4.43. The molecular formula is C12H9F3N2O2S. The highest BCUT2D eigenvalue weighted by Gasteiger charge is 2.31. The first kappa shape index (κ1) is 14.3. The summed E-state index contributed by atoms with van der Waals surface area (Å²) in [5, 5.41) is 4.03. The molecule has 0 aliphatic heterocycles. The van der Waals surface area contributed by atoms with E-state index in [0.717, 1.165) is 0 Å². The van der Waals surface area contributed by atoms with E-state index < -0.39 is 12.3 Å². The van der Waals surface area contributed by atoms with Crippen molar-refractivity contribution < 1.29 is 22.7 Å². The molecule has 20 heavy (non-hydrogen) atoms. The maximum Gasteiger partial charge on any atom is 0.573 e. The van der Waals surface area contributed by atoms with Gasteiger partial charge in [0.15, 0.2) is 0 Å². The molecule has 0 radical (unpaired) electrons. The van der Waals surface area contributed by atoms with Gasteiger partial charge in [0.1, 0.15) is 11.4 Å². The average Bonchev–Trinajstić information content (AvgIpc) is 2.89. The number of alkyl halides is 3. The Morgan fingerprint density at radius 2 is 2.10 bits per heavy atom. The fourth-order valence-corrected chi connectivity index (χ4v) is 2.00. The van der Waals surface area contributed by atoms with Gasteiger partial charge in [-0.3, -0.25) is 4.79 Å². The number of benzene rings is 1. The molecule has 0 atom stereocenters. The minimum Gasteiger partial charge on any atom is -0.405 e. The van der Waals surface area contributed by atoms with Crippen LogP contribution >= 0.6 is 11.3 Å². The van der Waals surface area contributed by atoms with Crippen LogP contribution in [0.15, 0.2) is 35.2 Å². The second kappa shape index (κ2) is 5.91. The van der Waals surface area contributed by atoms with Gasteiger partial charge in [0, 0.05) is 17.5 Å². The van der Waals surface area contributed by atoms with E-state index in [2.05, 4.69) is 15.0 Å². The standard InChI is InChI=1S/C12H9F3N2O2S/c13-12(14,15)19-10-4-2-1-3-8(10)5-16-11(18)9-6-20-7-17-9/h1-4,6-7H,5H2,(H,16,18). The topological polar surface area (TPSA) is 51.2 Å². The molecule has 0 aliphatic rings. The van der Waals surface area contributed by atoms with Crippen molar-refractivity contribution in [2.45, 2.75) is 12.9 Å². The van der Waals surface area contributed by atoms with Gasteiger partial charge in [0.25, 0.3) is 5.91 Å². The van der Waals surface area contributed by atoms with Crippen molar-refractivity contribution >= 4 is 17.2 Å². The third-order valence-electron chi connectivity index (χ3n) is 2.30. The van der Waals surface area contributed by atoms with Gasteiger partial charge in [0.05, 0.1) is 5.51 Å². The van der Waals surface area contributed by atoms with Crippen molar-refractivity contribution in [3.63, 3.8) is 0 Å². The smallest absolute Gasteiger partial charge is 0.405 e. The van der Waals surface area contributed by atoms with Gasteiger partial charge in [-0.05, 0) is 6.07 Å². The highest BCUT2D eigenvalue weighted by Crippen LogP contribution is 2.26. The zero-order valence-corrected chi connectivity index (χ0v) is 10.8. The monoisotopic (exact) mass is 302 g/mol. The van der Waals surface area contributed by atoms with Gasteiger partial charge in [0.2, 0.25) is 0 Å². The molecule has 0 unspecified atom stereocenters. The van der Waals surface area contributed by atoms with Gasteiger partial charge in [-0.15, -0.1) is 24.5 Å². The van der Waals surface area contributed by atoms with E-state index >= 15 is 0 Å². The van der Waals surface area contributed by atoms with Crippen LogP contribution in [0.3, 0.4) is 0 Å². The molecule has 1 aromatic carbocycles. The third-order valence-corrected chi connectivity index (χ3v) is 2.89. The van der Waals surface area contributed by atoms with Crippen LogP contribution in [-0.4, -0.2) is 17.3 Å². The molecule has 0 saturated heterocycles. The fraction of sp³-hybridized carbons (Fsp3) is 0.167. The number of nitrogens with zero attached hydrogens (tertiary/aromatic N) is 1. The van der Waals surface area contributed by atoms with Gasteiger partial charge < -0.3 is 10.1 Å². The van der Waals surface area contributed by atoms with Crippen molar-refractivity contribution in [3.8, 4) is 5.75 Å². The number of amides is 1. The largest absolute Gasteiger partial charge is 0.573 e. The van der Waals surface area contributed by atoms with E-state index in [1.54, 1.807) is 11.4 Å². The number of halogens is 3. The lowest BCUT2D eigenvalue weighted by molar-refractivity contribution is -0.274. The summed E-state index contributed by atoms with van der Waals surface area (Å²) in [6.45, 7) is -0.0807. The molecule has 106 valence electrons. The molecule has 1 amide bonds. The Balaban J connectivity index is 2.04. The van der Waals surface area contributed by atoms with Gasteiger partial charge in [-0.25, -0.2) is 4.98 Å². The lowest BCUT2D eigenvalue weighted by Crippen LogP contribution is -2.24. The van der Waals surface area contributed by atoms with Crippen molar-refractivity contribution in [2.75, 3.05) is 0 Å². The number of rotatable bonds is 4. The van der Waals surface area contributed by atoms with Crippen LogP contribution in [0.2, 0.25) is 0 Å². The SMILES string of the molecule is O=C(NCc1ccccc1OC(F)(F)F)c1cscn1. The Bertz CT molecular complexity index is 585. The Kier molecular flexibility index (Phi) is 4.23. The number of para-hydroxylation sites is 1. The zero-order chi connectivity index (χ0) is 14.6. The summed E-state index contributed by atoms with van der Waals surface area (Å²) < 4.78 is 40.6. The summed E-state index contributed by atoms with van der Waals surface area (Å²) in [6.07, 6.45) is -4.77. The number of carbonyl (C=O) groups excluding carboxylic acids is 1. The van der Waals surface area contributed by atoms with Crippen LogP contribution in [-0.2, 0) is 6.54 Å². The van der Waals surface area contributed by atoms with Crippen LogP contribution in [0.5, 0.6) is 5.75 Å². The molecule has 8 heteroatoms. The Labute approximate surface area is 116 Å². The minimum absolute atomic E-state index is 0.0807.